The van der Waals surface area contributed by atoms with Crippen molar-refractivity contribution in [3.05, 3.63) is 72.9 Å². The largest absolute Gasteiger partial charge is 0.368 e. The lowest BCUT2D eigenvalue weighted by Gasteiger charge is -2.22. The molecule has 0 rings (SSSR count). The van der Waals surface area contributed by atoms with E-state index in [0.29, 0.717) is 0 Å². The molecular weight excluding hydrogens is 562 g/mol. The summed E-state index contributed by atoms with van der Waals surface area (Å²) in [6.07, 6.45) is 55.1. The van der Waals surface area contributed by atoms with Crippen LogP contribution in [0.15, 0.2) is 72.9 Å². The van der Waals surface area contributed by atoms with E-state index in [1.54, 1.807) is 0 Å². The minimum absolute atomic E-state index is 0.178. The Balaban J connectivity index is 4.14. The maximum Gasteiger partial charge on any atom is 0.154 e. The maximum atomic E-state index is 10.5. The molecule has 0 spiro atoms. The molecule has 1 N–H and O–H groups in total. The third kappa shape index (κ3) is 36.8. The maximum absolute atomic E-state index is 10.5. The van der Waals surface area contributed by atoms with Crippen LogP contribution in [0.5, 0.6) is 0 Å². The summed E-state index contributed by atoms with van der Waals surface area (Å²) >= 11 is 0. The predicted molar refractivity (Wildman–Crippen MR) is 206 cm³/mol. The fraction of sp³-hybridized carbons (Fsp3) is 0.721. The molecule has 46 heavy (non-hydrogen) atoms. The van der Waals surface area contributed by atoms with E-state index in [2.05, 4.69) is 106 Å². The summed E-state index contributed by atoms with van der Waals surface area (Å²) in [4.78, 5) is 2.17. The Morgan fingerprint density at radius 2 is 0.826 bits per heavy atom. The van der Waals surface area contributed by atoms with Gasteiger partial charge in [-0.25, -0.2) is 0 Å². The van der Waals surface area contributed by atoms with E-state index in [-0.39, 0.29) is 6.10 Å². The Morgan fingerprint density at radius 1 is 0.457 bits per heavy atom. The van der Waals surface area contributed by atoms with E-state index < -0.39 is 6.29 Å². The third-order valence-electron chi connectivity index (χ3n) is 8.24. The SMILES string of the molecule is CCCCC/C=C\C/C=C\C/C=C\CCCCCC(CCCCC/C=C\C/C=C\C/C=C\CCCCC)OC(O)CCCN(C)C. The van der Waals surface area contributed by atoms with E-state index in [4.69, 9.17) is 4.74 Å². The molecule has 1 unspecified atom stereocenters. The molecule has 0 fully saturated rings. The van der Waals surface area contributed by atoms with Crippen molar-refractivity contribution < 1.29 is 9.84 Å². The van der Waals surface area contributed by atoms with E-state index in [1.807, 2.05) is 0 Å². The van der Waals surface area contributed by atoms with Gasteiger partial charge in [0.25, 0.3) is 0 Å². The standard InChI is InChI=1S/C43H77NO2/c1-5-7-9-11-13-15-17-19-21-23-25-27-29-31-33-35-38-42(46-43(45)40-37-41-44(3)4)39-36-34-32-30-28-26-24-22-20-18-16-14-12-10-8-6-2/h13-16,19-22,25-28,42-43,45H,5-12,17-18,23-24,29-41H2,1-4H3/b15-13-,16-14-,21-19-,22-20-,27-25-,28-26-. The van der Waals surface area contributed by atoms with Gasteiger partial charge in [0.2, 0.25) is 0 Å². The van der Waals surface area contributed by atoms with Crippen LogP contribution in [0.1, 0.15) is 168 Å². The van der Waals surface area contributed by atoms with Crippen LogP contribution in [0.3, 0.4) is 0 Å². The number of aliphatic hydroxyl groups is 1. The normalized spacial score (nSPS) is 13.6. The van der Waals surface area contributed by atoms with E-state index in [9.17, 15) is 5.11 Å². The zero-order valence-corrected chi connectivity index (χ0v) is 31.1. The van der Waals surface area contributed by atoms with Crippen LogP contribution in [-0.4, -0.2) is 43.0 Å². The fourth-order valence-corrected chi connectivity index (χ4v) is 5.35. The number of hydrogen-bond acceptors (Lipinski definition) is 3. The molecule has 0 heterocycles. The van der Waals surface area contributed by atoms with Gasteiger partial charge in [-0.15, -0.1) is 0 Å². The van der Waals surface area contributed by atoms with Crippen LogP contribution in [-0.2, 0) is 4.74 Å². The first-order valence-electron chi connectivity index (χ1n) is 19.5. The summed E-state index contributed by atoms with van der Waals surface area (Å²) in [5.74, 6) is 0. The monoisotopic (exact) mass is 640 g/mol. The lowest BCUT2D eigenvalue weighted by atomic mass is 10.0. The van der Waals surface area contributed by atoms with Gasteiger partial charge in [-0.1, -0.05) is 138 Å². The molecule has 0 bridgehead atoms. The molecule has 0 amide bonds. The van der Waals surface area contributed by atoms with Crippen molar-refractivity contribution >= 4 is 0 Å². The molecule has 0 saturated carbocycles. The molecule has 0 aromatic heterocycles. The molecule has 0 aromatic carbocycles. The van der Waals surface area contributed by atoms with Gasteiger partial charge >= 0.3 is 0 Å². The Morgan fingerprint density at radius 3 is 1.20 bits per heavy atom. The Bertz CT molecular complexity index is 722. The second kappa shape index (κ2) is 37.8. The average Bonchev–Trinajstić information content (AvgIpc) is 3.04. The summed E-state index contributed by atoms with van der Waals surface area (Å²) in [6, 6.07) is 0. The summed E-state index contributed by atoms with van der Waals surface area (Å²) < 4.78 is 6.17. The van der Waals surface area contributed by atoms with Gasteiger partial charge in [-0.3, -0.25) is 0 Å². The summed E-state index contributed by atoms with van der Waals surface area (Å²) in [6.45, 7) is 5.50. The van der Waals surface area contributed by atoms with Gasteiger partial charge in [0, 0.05) is 0 Å². The smallest absolute Gasteiger partial charge is 0.154 e. The van der Waals surface area contributed by atoms with Crippen LogP contribution in [0, 0.1) is 0 Å². The Labute approximate surface area is 288 Å². The molecule has 0 radical (unpaired) electrons. The molecule has 0 aromatic rings. The number of allylic oxidation sites excluding steroid dienone is 12. The first kappa shape index (κ1) is 44.3. The number of nitrogens with zero attached hydrogens (tertiary/aromatic N) is 1. The first-order chi connectivity index (χ1) is 22.6. The number of hydrogen-bond donors (Lipinski definition) is 1. The molecule has 0 aliphatic rings. The number of aliphatic hydroxyl groups excluding tert-OH is 1. The first-order valence-corrected chi connectivity index (χ1v) is 19.5. The molecule has 0 saturated heterocycles. The molecule has 0 aliphatic carbocycles. The summed E-state index contributed by atoms with van der Waals surface area (Å²) in [5.41, 5.74) is 0. The molecule has 1 atom stereocenters. The van der Waals surface area contributed by atoms with Crippen LogP contribution in [0.4, 0.5) is 0 Å². The zero-order chi connectivity index (χ0) is 33.6. The molecule has 266 valence electrons. The molecular formula is C43H77NO2. The van der Waals surface area contributed by atoms with Crippen molar-refractivity contribution in [1.29, 1.82) is 0 Å². The van der Waals surface area contributed by atoms with Crippen LogP contribution < -0.4 is 0 Å². The van der Waals surface area contributed by atoms with Crippen molar-refractivity contribution in [2.24, 2.45) is 0 Å². The van der Waals surface area contributed by atoms with Crippen molar-refractivity contribution in [3.63, 3.8) is 0 Å². The van der Waals surface area contributed by atoms with Crippen LogP contribution >= 0.6 is 0 Å². The van der Waals surface area contributed by atoms with E-state index >= 15 is 0 Å². The zero-order valence-electron chi connectivity index (χ0n) is 31.1. The van der Waals surface area contributed by atoms with Gasteiger partial charge in [-0.05, 0) is 123 Å². The van der Waals surface area contributed by atoms with Gasteiger partial charge in [-0.2, -0.15) is 0 Å². The molecule has 3 heteroatoms. The lowest BCUT2D eigenvalue weighted by molar-refractivity contribution is -0.144. The second-order valence-corrected chi connectivity index (χ2v) is 13.2. The van der Waals surface area contributed by atoms with Crippen LogP contribution in [0.25, 0.3) is 0 Å². The van der Waals surface area contributed by atoms with Crippen molar-refractivity contribution in [2.45, 2.75) is 180 Å². The number of unbranched alkanes of at least 4 members (excludes halogenated alkanes) is 12. The van der Waals surface area contributed by atoms with Gasteiger partial charge < -0.3 is 14.7 Å². The topological polar surface area (TPSA) is 32.7 Å². The van der Waals surface area contributed by atoms with Gasteiger partial charge in [0.15, 0.2) is 6.29 Å². The highest BCUT2D eigenvalue weighted by atomic mass is 16.6. The second-order valence-electron chi connectivity index (χ2n) is 13.2. The summed E-state index contributed by atoms with van der Waals surface area (Å²) in [7, 11) is 4.16. The third-order valence-corrected chi connectivity index (χ3v) is 8.24. The Hall–Kier alpha value is -1.68. The number of rotatable bonds is 34. The highest BCUT2D eigenvalue weighted by Gasteiger charge is 2.14. The summed E-state index contributed by atoms with van der Waals surface area (Å²) in [5, 5.41) is 10.5. The van der Waals surface area contributed by atoms with E-state index in [0.717, 1.165) is 70.8 Å². The van der Waals surface area contributed by atoms with Crippen molar-refractivity contribution in [3.8, 4) is 0 Å². The van der Waals surface area contributed by atoms with E-state index in [1.165, 1.54) is 89.9 Å². The molecule has 0 aliphatic heterocycles. The van der Waals surface area contributed by atoms with Crippen molar-refractivity contribution in [2.75, 3.05) is 20.6 Å². The Kier molecular flexibility index (Phi) is 36.4. The lowest BCUT2D eigenvalue weighted by Crippen LogP contribution is -2.23. The van der Waals surface area contributed by atoms with Crippen molar-refractivity contribution in [1.82, 2.24) is 4.90 Å². The van der Waals surface area contributed by atoms with Gasteiger partial charge in [0.05, 0.1) is 6.10 Å². The minimum Gasteiger partial charge on any atom is -0.368 e. The predicted octanol–water partition coefficient (Wildman–Crippen LogP) is 13.0. The quantitative estimate of drug-likeness (QED) is 0.0432. The fourth-order valence-electron chi connectivity index (χ4n) is 5.35. The van der Waals surface area contributed by atoms with Gasteiger partial charge in [0.1, 0.15) is 0 Å². The highest BCUT2D eigenvalue weighted by Crippen LogP contribution is 2.18. The highest BCUT2D eigenvalue weighted by molar-refractivity contribution is 4.98. The number of ether oxygens (including phenoxy) is 1. The minimum atomic E-state index is -0.634. The average molecular weight is 640 g/mol. The molecule has 3 nitrogen and oxygen atoms in total. The van der Waals surface area contributed by atoms with Crippen LogP contribution in [0.2, 0.25) is 0 Å².